The van der Waals surface area contributed by atoms with Gasteiger partial charge in [-0.3, -0.25) is 9.63 Å². The number of hydroxylamine groups is 2. The number of nitrogens with zero attached hydrogens (tertiary/aromatic N) is 1. The van der Waals surface area contributed by atoms with E-state index in [1.54, 1.807) is 7.05 Å². The van der Waals surface area contributed by atoms with Crippen LogP contribution in [0.1, 0.15) is 27.2 Å². The van der Waals surface area contributed by atoms with Gasteiger partial charge in [-0.05, 0) is 11.8 Å². The van der Waals surface area contributed by atoms with Crippen LogP contribution in [0.25, 0.3) is 0 Å². The zero-order valence-electron chi connectivity index (χ0n) is 9.83. The van der Waals surface area contributed by atoms with E-state index in [-0.39, 0.29) is 17.2 Å². The second kappa shape index (κ2) is 5.32. The fourth-order valence-corrected chi connectivity index (χ4v) is 1.36. The first-order chi connectivity index (χ1) is 6.31. The minimum absolute atomic E-state index is 0.0510. The van der Waals surface area contributed by atoms with Crippen LogP contribution in [0.15, 0.2) is 0 Å². The normalized spacial score (nSPS) is 13.9. The highest BCUT2D eigenvalue weighted by Crippen LogP contribution is 2.24. The molecule has 0 heterocycles. The van der Waals surface area contributed by atoms with E-state index in [0.29, 0.717) is 6.54 Å². The number of hydrogen-bond acceptors (Lipinski definition) is 3. The maximum Gasteiger partial charge on any atom is 0.250 e. The van der Waals surface area contributed by atoms with Crippen LogP contribution in [0.2, 0.25) is 0 Å². The summed E-state index contributed by atoms with van der Waals surface area (Å²) >= 11 is 0. The molecule has 1 unspecified atom stereocenters. The van der Waals surface area contributed by atoms with Crippen molar-refractivity contribution in [2.24, 2.45) is 17.1 Å². The van der Waals surface area contributed by atoms with Crippen molar-refractivity contribution in [2.45, 2.75) is 27.2 Å². The number of carbonyl (C=O) groups is 1. The van der Waals surface area contributed by atoms with Crippen molar-refractivity contribution in [3.8, 4) is 0 Å². The van der Waals surface area contributed by atoms with Crippen molar-refractivity contribution >= 4 is 5.91 Å². The van der Waals surface area contributed by atoms with E-state index in [2.05, 4.69) is 20.8 Å². The number of amides is 1. The summed E-state index contributed by atoms with van der Waals surface area (Å²) in [6.07, 6.45) is 0.774. The quantitative estimate of drug-likeness (QED) is 0.692. The Morgan fingerprint density at radius 3 is 2.29 bits per heavy atom. The molecule has 0 spiro atoms. The third kappa shape index (κ3) is 4.58. The minimum Gasteiger partial charge on any atom is -0.330 e. The average molecular weight is 202 g/mol. The zero-order chi connectivity index (χ0) is 11.4. The first-order valence-corrected chi connectivity index (χ1v) is 4.83. The Morgan fingerprint density at radius 2 is 2.00 bits per heavy atom. The van der Waals surface area contributed by atoms with E-state index < -0.39 is 0 Å². The number of hydrogen-bond donors (Lipinski definition) is 1. The molecule has 0 fully saturated rings. The van der Waals surface area contributed by atoms with Crippen LogP contribution < -0.4 is 5.73 Å². The first-order valence-electron chi connectivity index (χ1n) is 4.83. The van der Waals surface area contributed by atoms with Crippen LogP contribution in [0, 0.1) is 11.3 Å². The van der Waals surface area contributed by atoms with Gasteiger partial charge in [0.25, 0.3) is 0 Å². The molecule has 0 aliphatic carbocycles. The third-order valence-electron chi connectivity index (χ3n) is 2.08. The fraction of sp³-hybridized carbons (Fsp3) is 0.900. The molecule has 0 aromatic rings. The van der Waals surface area contributed by atoms with E-state index in [1.165, 1.54) is 12.2 Å². The van der Waals surface area contributed by atoms with Gasteiger partial charge in [0.15, 0.2) is 0 Å². The molecule has 1 amide bonds. The molecule has 0 aromatic heterocycles. The lowest BCUT2D eigenvalue weighted by molar-refractivity contribution is -0.174. The Balaban J connectivity index is 4.34. The Bertz CT molecular complexity index is 187. The molecule has 0 aliphatic rings. The monoisotopic (exact) mass is 202 g/mol. The number of carbonyl (C=O) groups excluding carboxylic acids is 1. The molecule has 0 saturated carbocycles. The molecule has 0 bridgehead atoms. The first kappa shape index (κ1) is 13.4. The molecule has 0 radical (unpaired) electrons. The molecule has 0 rings (SSSR count). The van der Waals surface area contributed by atoms with Gasteiger partial charge >= 0.3 is 0 Å². The van der Waals surface area contributed by atoms with Gasteiger partial charge in [-0.1, -0.05) is 20.8 Å². The van der Waals surface area contributed by atoms with Crippen molar-refractivity contribution in [1.82, 2.24) is 5.06 Å². The molecule has 0 aromatic carbocycles. The SMILES string of the molecule is CON(C)C(=O)C(CN)CC(C)(C)C. The summed E-state index contributed by atoms with van der Waals surface area (Å²) in [7, 11) is 3.08. The van der Waals surface area contributed by atoms with Crippen LogP contribution in [-0.4, -0.2) is 31.7 Å². The van der Waals surface area contributed by atoms with Gasteiger partial charge in [0.2, 0.25) is 5.91 Å². The van der Waals surface area contributed by atoms with Gasteiger partial charge < -0.3 is 5.73 Å². The Labute approximate surface area is 86.4 Å². The number of rotatable bonds is 4. The van der Waals surface area contributed by atoms with E-state index >= 15 is 0 Å². The standard InChI is InChI=1S/C10H22N2O2/c1-10(2,3)6-8(7-11)9(13)12(4)14-5/h8H,6-7,11H2,1-5H3. The highest BCUT2D eigenvalue weighted by molar-refractivity contribution is 5.77. The summed E-state index contributed by atoms with van der Waals surface area (Å²) in [5.41, 5.74) is 5.68. The average Bonchev–Trinajstić information content (AvgIpc) is 2.10. The minimum atomic E-state index is -0.153. The van der Waals surface area contributed by atoms with Crippen LogP contribution >= 0.6 is 0 Å². The van der Waals surface area contributed by atoms with Crippen molar-refractivity contribution < 1.29 is 9.63 Å². The maximum atomic E-state index is 11.7. The third-order valence-corrected chi connectivity index (χ3v) is 2.08. The van der Waals surface area contributed by atoms with Crippen LogP contribution in [0.4, 0.5) is 0 Å². The largest absolute Gasteiger partial charge is 0.330 e. The molecule has 2 N–H and O–H groups in total. The van der Waals surface area contributed by atoms with Gasteiger partial charge in [0, 0.05) is 13.6 Å². The van der Waals surface area contributed by atoms with E-state index in [4.69, 9.17) is 10.6 Å². The van der Waals surface area contributed by atoms with E-state index in [1.807, 2.05) is 0 Å². The molecule has 4 heteroatoms. The summed E-state index contributed by atoms with van der Waals surface area (Å²) in [5.74, 6) is -0.204. The molecule has 14 heavy (non-hydrogen) atoms. The molecule has 0 saturated heterocycles. The fourth-order valence-electron chi connectivity index (χ4n) is 1.36. The van der Waals surface area contributed by atoms with Crippen molar-refractivity contribution in [3.63, 3.8) is 0 Å². The maximum absolute atomic E-state index is 11.7. The van der Waals surface area contributed by atoms with E-state index in [9.17, 15) is 4.79 Å². The van der Waals surface area contributed by atoms with Crippen LogP contribution in [0.5, 0.6) is 0 Å². The van der Waals surface area contributed by atoms with Crippen molar-refractivity contribution in [2.75, 3.05) is 20.7 Å². The Morgan fingerprint density at radius 1 is 1.50 bits per heavy atom. The number of nitrogens with two attached hydrogens (primary N) is 1. The lowest BCUT2D eigenvalue weighted by atomic mass is 9.84. The van der Waals surface area contributed by atoms with E-state index in [0.717, 1.165) is 6.42 Å². The summed E-state index contributed by atoms with van der Waals surface area (Å²) in [6, 6.07) is 0. The topological polar surface area (TPSA) is 55.6 Å². The smallest absolute Gasteiger partial charge is 0.250 e. The summed E-state index contributed by atoms with van der Waals surface area (Å²) in [5, 5.41) is 1.24. The lowest BCUT2D eigenvalue weighted by Gasteiger charge is -2.26. The molecule has 84 valence electrons. The highest BCUT2D eigenvalue weighted by Gasteiger charge is 2.26. The van der Waals surface area contributed by atoms with Gasteiger partial charge in [-0.25, -0.2) is 5.06 Å². The highest BCUT2D eigenvalue weighted by atomic mass is 16.7. The zero-order valence-corrected chi connectivity index (χ0v) is 9.83. The molecule has 4 nitrogen and oxygen atoms in total. The van der Waals surface area contributed by atoms with Gasteiger partial charge in [0.05, 0.1) is 13.0 Å². The van der Waals surface area contributed by atoms with Gasteiger partial charge in [-0.15, -0.1) is 0 Å². The Hall–Kier alpha value is -0.610. The Kier molecular flexibility index (Phi) is 5.08. The predicted molar refractivity (Wildman–Crippen MR) is 56.4 cm³/mol. The van der Waals surface area contributed by atoms with Gasteiger partial charge in [0.1, 0.15) is 0 Å². The van der Waals surface area contributed by atoms with Crippen molar-refractivity contribution in [3.05, 3.63) is 0 Å². The van der Waals surface area contributed by atoms with Crippen LogP contribution in [-0.2, 0) is 9.63 Å². The lowest BCUT2D eigenvalue weighted by Crippen LogP contribution is -2.37. The van der Waals surface area contributed by atoms with Crippen LogP contribution in [0.3, 0.4) is 0 Å². The molecule has 1 atom stereocenters. The molecular weight excluding hydrogens is 180 g/mol. The summed E-state index contributed by atoms with van der Waals surface area (Å²) < 4.78 is 0. The van der Waals surface area contributed by atoms with Gasteiger partial charge in [-0.2, -0.15) is 0 Å². The predicted octanol–water partition coefficient (Wildman–Crippen LogP) is 1.02. The molecule has 0 aliphatic heterocycles. The second-order valence-corrected chi connectivity index (χ2v) is 4.72. The summed E-state index contributed by atoms with van der Waals surface area (Å²) in [6.45, 7) is 6.64. The molecular formula is C10H22N2O2. The second-order valence-electron chi connectivity index (χ2n) is 4.72. The summed E-state index contributed by atoms with van der Waals surface area (Å²) in [4.78, 5) is 16.5. The van der Waals surface area contributed by atoms with Crippen molar-refractivity contribution in [1.29, 1.82) is 0 Å².